The molecule has 22 heavy (non-hydrogen) atoms. The lowest BCUT2D eigenvalue weighted by Gasteiger charge is -2.19. The highest BCUT2D eigenvalue weighted by atomic mass is 16.5. The van der Waals surface area contributed by atoms with Gasteiger partial charge in [0.1, 0.15) is 17.6 Å². The number of allylic oxidation sites excluding steroid dienone is 1. The summed E-state index contributed by atoms with van der Waals surface area (Å²) in [6.07, 6.45) is 6.40. The maximum absolute atomic E-state index is 12.1. The number of benzene rings is 1. The van der Waals surface area contributed by atoms with Gasteiger partial charge in [-0.1, -0.05) is 18.2 Å². The zero-order valence-corrected chi connectivity index (χ0v) is 13.0. The Kier molecular flexibility index (Phi) is 5.36. The van der Waals surface area contributed by atoms with Gasteiger partial charge < -0.3 is 14.6 Å². The average Bonchev–Trinajstić information content (AvgIpc) is 2.96. The Labute approximate surface area is 130 Å². The van der Waals surface area contributed by atoms with E-state index >= 15 is 0 Å². The van der Waals surface area contributed by atoms with Crippen molar-refractivity contribution in [3.8, 4) is 5.75 Å². The summed E-state index contributed by atoms with van der Waals surface area (Å²) in [7, 11) is 3.54. The summed E-state index contributed by atoms with van der Waals surface area (Å²) >= 11 is 0. The Morgan fingerprint density at radius 2 is 2.18 bits per heavy atom. The fourth-order valence-corrected chi connectivity index (χ4v) is 2.21. The number of ether oxygens (including phenoxy) is 1. The molecule has 0 aliphatic heterocycles. The molecule has 1 unspecified atom stereocenters. The molecule has 0 fully saturated rings. The molecule has 1 aromatic heterocycles. The first-order valence-corrected chi connectivity index (χ1v) is 7.17. The first kappa shape index (κ1) is 15.8. The Balaban J connectivity index is 2.26. The van der Waals surface area contributed by atoms with Crippen molar-refractivity contribution < 1.29 is 9.53 Å². The van der Waals surface area contributed by atoms with Crippen molar-refractivity contribution in [1.82, 2.24) is 14.9 Å². The van der Waals surface area contributed by atoms with Gasteiger partial charge in [-0.15, -0.1) is 6.58 Å². The molecule has 5 nitrogen and oxygen atoms in total. The molecule has 1 atom stereocenters. The highest BCUT2D eigenvalue weighted by Crippen LogP contribution is 2.23. The number of amides is 1. The SMILES string of the molecule is C=CCCC(=O)NC(c1ccc(OC)cc1)c1nccn1C. The first-order chi connectivity index (χ1) is 10.7. The highest BCUT2D eigenvalue weighted by molar-refractivity contribution is 5.77. The van der Waals surface area contributed by atoms with E-state index in [0.717, 1.165) is 17.1 Å². The molecule has 0 bridgehead atoms. The third-order valence-electron chi connectivity index (χ3n) is 3.45. The van der Waals surface area contributed by atoms with Gasteiger partial charge in [0, 0.05) is 25.9 Å². The lowest BCUT2D eigenvalue weighted by atomic mass is 10.1. The summed E-state index contributed by atoms with van der Waals surface area (Å²) < 4.78 is 7.08. The molecule has 0 saturated carbocycles. The third kappa shape index (κ3) is 3.75. The summed E-state index contributed by atoms with van der Waals surface area (Å²) in [6.45, 7) is 3.64. The number of hydrogen-bond acceptors (Lipinski definition) is 3. The molecule has 1 heterocycles. The van der Waals surface area contributed by atoms with Crippen LogP contribution in [0.5, 0.6) is 5.75 Å². The monoisotopic (exact) mass is 299 g/mol. The van der Waals surface area contributed by atoms with Crippen LogP contribution in [-0.4, -0.2) is 22.6 Å². The van der Waals surface area contributed by atoms with E-state index in [2.05, 4.69) is 16.9 Å². The van der Waals surface area contributed by atoms with Crippen LogP contribution in [0.2, 0.25) is 0 Å². The van der Waals surface area contributed by atoms with E-state index in [0.29, 0.717) is 12.8 Å². The summed E-state index contributed by atoms with van der Waals surface area (Å²) in [5.74, 6) is 1.54. The zero-order chi connectivity index (χ0) is 15.9. The van der Waals surface area contributed by atoms with Gasteiger partial charge in [-0.25, -0.2) is 4.98 Å². The van der Waals surface area contributed by atoms with Crippen molar-refractivity contribution in [2.45, 2.75) is 18.9 Å². The summed E-state index contributed by atoms with van der Waals surface area (Å²) in [6, 6.07) is 7.34. The number of aromatic nitrogens is 2. The Hall–Kier alpha value is -2.56. The maximum atomic E-state index is 12.1. The number of imidazole rings is 1. The molecule has 1 amide bonds. The van der Waals surface area contributed by atoms with Crippen molar-refractivity contribution in [1.29, 1.82) is 0 Å². The molecular formula is C17H21N3O2. The van der Waals surface area contributed by atoms with Crippen LogP contribution in [0.15, 0.2) is 49.3 Å². The van der Waals surface area contributed by atoms with Crippen LogP contribution in [-0.2, 0) is 11.8 Å². The van der Waals surface area contributed by atoms with Crippen LogP contribution in [0.4, 0.5) is 0 Å². The predicted molar refractivity (Wildman–Crippen MR) is 85.6 cm³/mol. The van der Waals surface area contributed by atoms with E-state index in [1.54, 1.807) is 19.4 Å². The topological polar surface area (TPSA) is 56.1 Å². The van der Waals surface area contributed by atoms with Crippen LogP contribution in [0, 0.1) is 0 Å². The predicted octanol–water partition coefficient (Wildman–Crippen LogP) is 2.60. The van der Waals surface area contributed by atoms with E-state index in [9.17, 15) is 4.79 Å². The number of nitrogens with zero attached hydrogens (tertiary/aromatic N) is 2. The number of hydrogen-bond donors (Lipinski definition) is 1. The van der Waals surface area contributed by atoms with Crippen LogP contribution >= 0.6 is 0 Å². The van der Waals surface area contributed by atoms with Gasteiger partial charge in [-0.05, 0) is 24.1 Å². The Bertz CT molecular complexity index is 632. The van der Waals surface area contributed by atoms with Gasteiger partial charge in [0.15, 0.2) is 0 Å². The molecule has 0 spiro atoms. The number of rotatable bonds is 7. The van der Waals surface area contributed by atoms with E-state index in [-0.39, 0.29) is 11.9 Å². The molecule has 2 aromatic rings. The molecule has 116 valence electrons. The Morgan fingerprint density at radius 3 is 2.73 bits per heavy atom. The number of methoxy groups -OCH3 is 1. The lowest BCUT2D eigenvalue weighted by Crippen LogP contribution is -2.30. The van der Waals surface area contributed by atoms with Crippen molar-refractivity contribution in [3.05, 3.63) is 60.7 Å². The highest BCUT2D eigenvalue weighted by Gasteiger charge is 2.20. The molecule has 1 aromatic carbocycles. The fraction of sp³-hybridized carbons (Fsp3) is 0.294. The second-order valence-electron chi connectivity index (χ2n) is 5.00. The third-order valence-corrected chi connectivity index (χ3v) is 3.45. The fourth-order valence-electron chi connectivity index (χ4n) is 2.21. The van der Waals surface area contributed by atoms with Gasteiger partial charge in [0.25, 0.3) is 0 Å². The molecule has 0 saturated heterocycles. The number of aryl methyl sites for hydroxylation is 1. The van der Waals surface area contributed by atoms with Crippen LogP contribution < -0.4 is 10.1 Å². The minimum absolute atomic E-state index is 0.0243. The van der Waals surface area contributed by atoms with Crippen LogP contribution in [0.25, 0.3) is 0 Å². The Morgan fingerprint density at radius 1 is 1.45 bits per heavy atom. The summed E-state index contributed by atoms with van der Waals surface area (Å²) in [5.41, 5.74) is 0.960. The van der Waals surface area contributed by atoms with E-state index in [4.69, 9.17) is 4.74 Å². The molecular weight excluding hydrogens is 278 g/mol. The minimum atomic E-state index is -0.289. The largest absolute Gasteiger partial charge is 0.497 e. The van der Waals surface area contributed by atoms with Crippen molar-refractivity contribution in [2.75, 3.05) is 7.11 Å². The maximum Gasteiger partial charge on any atom is 0.221 e. The van der Waals surface area contributed by atoms with Gasteiger partial charge in [-0.3, -0.25) is 4.79 Å². The van der Waals surface area contributed by atoms with E-state index in [1.165, 1.54) is 0 Å². The number of nitrogens with one attached hydrogen (secondary N) is 1. The van der Waals surface area contributed by atoms with Gasteiger partial charge in [-0.2, -0.15) is 0 Å². The van der Waals surface area contributed by atoms with Gasteiger partial charge >= 0.3 is 0 Å². The quantitative estimate of drug-likeness (QED) is 0.800. The van der Waals surface area contributed by atoms with Crippen LogP contribution in [0.1, 0.15) is 30.3 Å². The lowest BCUT2D eigenvalue weighted by molar-refractivity contribution is -0.121. The van der Waals surface area contributed by atoms with Crippen molar-refractivity contribution in [3.63, 3.8) is 0 Å². The van der Waals surface area contributed by atoms with Crippen molar-refractivity contribution >= 4 is 5.91 Å². The number of carbonyl (C=O) groups excluding carboxylic acids is 1. The smallest absolute Gasteiger partial charge is 0.221 e. The first-order valence-electron chi connectivity index (χ1n) is 7.17. The molecule has 2 rings (SSSR count). The van der Waals surface area contributed by atoms with E-state index in [1.807, 2.05) is 42.1 Å². The average molecular weight is 299 g/mol. The molecule has 5 heteroatoms. The molecule has 0 aliphatic rings. The van der Waals surface area contributed by atoms with Crippen molar-refractivity contribution in [2.24, 2.45) is 7.05 Å². The minimum Gasteiger partial charge on any atom is -0.497 e. The normalized spacial score (nSPS) is 11.7. The zero-order valence-electron chi connectivity index (χ0n) is 13.0. The number of carbonyl (C=O) groups is 1. The standard InChI is InChI=1S/C17H21N3O2/c1-4-5-6-15(21)19-16(17-18-11-12-20(17)2)13-7-9-14(22-3)10-8-13/h4,7-12,16H,1,5-6H2,2-3H3,(H,19,21). The van der Waals surface area contributed by atoms with Gasteiger partial charge in [0.05, 0.1) is 7.11 Å². The second kappa shape index (κ2) is 7.45. The second-order valence-corrected chi connectivity index (χ2v) is 5.00. The van der Waals surface area contributed by atoms with Crippen LogP contribution in [0.3, 0.4) is 0 Å². The molecule has 0 radical (unpaired) electrons. The van der Waals surface area contributed by atoms with Gasteiger partial charge in [0.2, 0.25) is 5.91 Å². The molecule has 1 N–H and O–H groups in total. The van der Waals surface area contributed by atoms with E-state index < -0.39 is 0 Å². The molecule has 0 aliphatic carbocycles. The summed E-state index contributed by atoms with van der Waals surface area (Å²) in [5, 5.41) is 3.04. The summed E-state index contributed by atoms with van der Waals surface area (Å²) in [4.78, 5) is 16.5.